The lowest BCUT2D eigenvalue weighted by atomic mass is 10.1. The quantitative estimate of drug-likeness (QED) is 0.633. The topological polar surface area (TPSA) is 37.3 Å². The third-order valence-electron chi connectivity index (χ3n) is 2.68. The maximum absolute atomic E-state index is 10.9. The zero-order valence-corrected chi connectivity index (χ0v) is 11.8. The van der Waals surface area contributed by atoms with Gasteiger partial charge >= 0.3 is 5.97 Å². The molecule has 2 atom stereocenters. The number of carbonyl (C=O) groups is 1. The zero-order chi connectivity index (χ0) is 13.0. The molecule has 1 aromatic carbocycles. The van der Waals surface area contributed by atoms with Crippen LogP contribution in [0.5, 0.6) is 0 Å². The summed E-state index contributed by atoms with van der Waals surface area (Å²) in [5.41, 5.74) is 0.571. The first kappa shape index (κ1) is 13.6. The summed E-state index contributed by atoms with van der Waals surface area (Å²) in [6, 6.07) is 3.06. The highest BCUT2D eigenvalue weighted by atomic mass is 35.5. The third-order valence-corrected chi connectivity index (χ3v) is 4.82. The van der Waals surface area contributed by atoms with Crippen LogP contribution in [0.25, 0.3) is 0 Å². The highest BCUT2D eigenvalue weighted by molar-refractivity contribution is 6.53. The van der Waals surface area contributed by atoms with Crippen molar-refractivity contribution in [3.8, 4) is 0 Å². The van der Waals surface area contributed by atoms with Crippen LogP contribution in [0.3, 0.4) is 0 Å². The Kier molecular flexibility index (Phi) is 3.48. The SMILES string of the molecule is O=C(O)[C@@H]1[C@@H](c2cc(Cl)c(Cl)c(Cl)c2)C1(Cl)Cl. The van der Waals surface area contributed by atoms with E-state index in [1.54, 1.807) is 0 Å². The maximum atomic E-state index is 10.9. The Labute approximate surface area is 122 Å². The van der Waals surface area contributed by atoms with Crippen molar-refractivity contribution in [2.24, 2.45) is 5.92 Å². The molecule has 7 heteroatoms. The van der Waals surface area contributed by atoms with Gasteiger partial charge in [-0.15, -0.1) is 0 Å². The summed E-state index contributed by atoms with van der Waals surface area (Å²) in [4.78, 5) is 10.9. The second kappa shape index (κ2) is 4.36. The zero-order valence-electron chi connectivity index (χ0n) is 8.05. The van der Waals surface area contributed by atoms with Gasteiger partial charge in [0.15, 0.2) is 0 Å². The summed E-state index contributed by atoms with van der Waals surface area (Å²) in [6.07, 6.45) is 0. The van der Waals surface area contributed by atoms with Crippen molar-refractivity contribution < 1.29 is 9.90 Å². The molecule has 0 unspecified atom stereocenters. The van der Waals surface area contributed by atoms with E-state index in [4.69, 9.17) is 63.1 Å². The molecule has 0 aliphatic heterocycles. The van der Waals surface area contributed by atoms with Crippen LogP contribution in [0, 0.1) is 5.92 Å². The number of hydrogen-bond donors (Lipinski definition) is 1. The van der Waals surface area contributed by atoms with E-state index < -0.39 is 22.1 Å². The Balaban J connectivity index is 2.41. The number of hydrogen-bond acceptors (Lipinski definition) is 1. The van der Waals surface area contributed by atoms with E-state index >= 15 is 0 Å². The lowest BCUT2D eigenvalue weighted by Crippen LogP contribution is -2.03. The number of aliphatic carboxylic acids is 1. The van der Waals surface area contributed by atoms with Crippen LogP contribution in [0.1, 0.15) is 11.5 Å². The van der Waals surface area contributed by atoms with Gasteiger partial charge < -0.3 is 5.11 Å². The average Bonchev–Trinajstić information content (AvgIpc) is 2.77. The number of alkyl halides is 2. The molecule has 1 N–H and O–H groups in total. The fraction of sp³-hybridized carbons (Fsp3) is 0.300. The molecule has 92 valence electrons. The fourth-order valence-electron chi connectivity index (χ4n) is 1.80. The van der Waals surface area contributed by atoms with Crippen molar-refractivity contribution in [1.29, 1.82) is 0 Å². The van der Waals surface area contributed by atoms with E-state index in [2.05, 4.69) is 0 Å². The molecular weight excluding hydrogens is 329 g/mol. The van der Waals surface area contributed by atoms with Crippen LogP contribution >= 0.6 is 58.0 Å². The predicted octanol–water partition coefficient (Wildman–Crippen LogP) is 4.62. The number of benzene rings is 1. The second-order valence-electron chi connectivity index (χ2n) is 3.77. The average molecular weight is 334 g/mol. The molecule has 0 bridgehead atoms. The van der Waals surface area contributed by atoms with Gasteiger partial charge in [0.25, 0.3) is 0 Å². The van der Waals surface area contributed by atoms with Crippen molar-refractivity contribution in [2.45, 2.75) is 10.3 Å². The summed E-state index contributed by atoms with van der Waals surface area (Å²) in [5.74, 6) is -2.45. The van der Waals surface area contributed by atoms with Gasteiger partial charge in [-0.1, -0.05) is 58.0 Å². The molecule has 0 aromatic heterocycles. The minimum atomic E-state index is -1.33. The predicted molar refractivity (Wildman–Crippen MR) is 69.8 cm³/mol. The molecule has 2 nitrogen and oxygen atoms in total. The van der Waals surface area contributed by atoms with Crippen LogP contribution in [-0.2, 0) is 4.79 Å². The van der Waals surface area contributed by atoms with Gasteiger partial charge in [0.1, 0.15) is 4.33 Å². The Bertz CT molecular complexity index is 476. The van der Waals surface area contributed by atoms with Crippen LogP contribution < -0.4 is 0 Å². The highest BCUT2D eigenvalue weighted by Gasteiger charge is 2.68. The minimum Gasteiger partial charge on any atom is -0.481 e. The minimum absolute atomic E-state index is 0.222. The van der Waals surface area contributed by atoms with Crippen LogP contribution in [0.15, 0.2) is 12.1 Å². The molecule has 1 aliphatic carbocycles. The molecule has 1 fully saturated rings. The normalized spacial score (nSPS) is 25.7. The van der Waals surface area contributed by atoms with E-state index in [9.17, 15) is 4.79 Å². The standard InChI is InChI=1S/C10H5Cl5O2/c11-4-1-3(2-5(12)8(4)13)6-7(9(16)17)10(6,14)15/h1-2,6-7H,(H,16,17)/t6-,7+/m1/s1. The molecule has 0 amide bonds. The van der Waals surface area contributed by atoms with E-state index in [0.29, 0.717) is 5.56 Å². The summed E-state index contributed by atoms with van der Waals surface area (Å²) >= 11 is 29.3. The third kappa shape index (κ3) is 2.22. The molecule has 1 aliphatic rings. The lowest BCUT2D eigenvalue weighted by molar-refractivity contribution is -0.138. The number of carboxylic acid groups (broad SMARTS) is 1. The molecular formula is C10H5Cl5O2. The summed E-state index contributed by atoms with van der Waals surface area (Å²) in [6.45, 7) is 0. The summed E-state index contributed by atoms with van der Waals surface area (Å²) in [7, 11) is 0. The van der Waals surface area contributed by atoms with Crippen molar-refractivity contribution >= 4 is 64.0 Å². The van der Waals surface area contributed by atoms with Gasteiger partial charge in [-0.3, -0.25) is 4.79 Å². The largest absolute Gasteiger partial charge is 0.481 e. The van der Waals surface area contributed by atoms with E-state index in [1.165, 1.54) is 12.1 Å². The van der Waals surface area contributed by atoms with E-state index in [0.717, 1.165) is 0 Å². The number of halogens is 5. The highest BCUT2D eigenvalue weighted by Crippen LogP contribution is 2.65. The molecule has 1 saturated carbocycles. The molecule has 17 heavy (non-hydrogen) atoms. The Hall–Kier alpha value is 0.140. The van der Waals surface area contributed by atoms with Gasteiger partial charge in [0, 0.05) is 5.92 Å². The van der Waals surface area contributed by atoms with E-state index in [-0.39, 0.29) is 15.1 Å². The first-order chi connectivity index (χ1) is 7.76. The van der Waals surface area contributed by atoms with Crippen LogP contribution in [0.4, 0.5) is 0 Å². The van der Waals surface area contributed by atoms with E-state index in [1.807, 2.05) is 0 Å². The Morgan fingerprint density at radius 1 is 1.18 bits per heavy atom. The molecule has 0 heterocycles. The second-order valence-corrected chi connectivity index (χ2v) is 6.40. The van der Waals surface area contributed by atoms with Gasteiger partial charge in [-0.2, -0.15) is 0 Å². The first-order valence-corrected chi connectivity index (χ1v) is 6.41. The van der Waals surface area contributed by atoms with Gasteiger partial charge in [-0.25, -0.2) is 0 Å². The molecule has 2 rings (SSSR count). The van der Waals surface area contributed by atoms with Crippen LogP contribution in [-0.4, -0.2) is 15.4 Å². The molecule has 0 radical (unpaired) electrons. The molecule has 0 spiro atoms. The fourth-order valence-corrected chi connectivity index (χ4v) is 3.23. The Morgan fingerprint density at radius 3 is 2.00 bits per heavy atom. The molecule has 1 aromatic rings. The van der Waals surface area contributed by atoms with Crippen LogP contribution in [0.2, 0.25) is 15.1 Å². The Morgan fingerprint density at radius 2 is 1.65 bits per heavy atom. The van der Waals surface area contributed by atoms with Crippen molar-refractivity contribution in [2.75, 3.05) is 0 Å². The van der Waals surface area contributed by atoms with Crippen molar-refractivity contribution in [1.82, 2.24) is 0 Å². The monoisotopic (exact) mass is 332 g/mol. The van der Waals surface area contributed by atoms with Crippen molar-refractivity contribution in [3.63, 3.8) is 0 Å². The summed E-state index contributed by atoms with van der Waals surface area (Å²) < 4.78 is -1.33. The maximum Gasteiger partial charge on any atom is 0.310 e. The van der Waals surface area contributed by atoms with Crippen molar-refractivity contribution in [3.05, 3.63) is 32.8 Å². The van der Waals surface area contributed by atoms with Gasteiger partial charge in [0.05, 0.1) is 21.0 Å². The number of carboxylic acids is 1. The lowest BCUT2D eigenvalue weighted by Gasteiger charge is -2.04. The summed E-state index contributed by atoms with van der Waals surface area (Å²) in [5, 5.41) is 9.66. The van der Waals surface area contributed by atoms with Gasteiger partial charge in [-0.05, 0) is 17.7 Å². The van der Waals surface area contributed by atoms with Gasteiger partial charge in [0.2, 0.25) is 0 Å². The smallest absolute Gasteiger partial charge is 0.310 e. The first-order valence-electron chi connectivity index (χ1n) is 4.52. The molecule has 0 saturated heterocycles. The number of rotatable bonds is 2.